The molecule has 62 valence electrons. The number of rotatable bonds is 2. The van der Waals surface area contributed by atoms with Crippen LogP contribution < -0.4 is 57.0 Å². The fraction of sp³-hybridized carbons (Fsp3) is 0.400. The summed E-state index contributed by atoms with van der Waals surface area (Å²) in [6.07, 6.45) is 1.16. The molecule has 0 amide bonds. The van der Waals surface area contributed by atoms with Gasteiger partial charge in [-0.2, -0.15) is 5.10 Å². The molecule has 1 rings (SSSR count). The molecular weight excluding hydrogens is 195 g/mol. The van der Waals surface area contributed by atoms with E-state index >= 15 is 0 Å². The van der Waals surface area contributed by atoms with Crippen LogP contribution in [0, 0.1) is 0 Å². The molecule has 7 heteroatoms. The zero-order chi connectivity index (χ0) is 8.48. The van der Waals surface area contributed by atoms with Crippen molar-refractivity contribution < 1.29 is 64.3 Å². The van der Waals surface area contributed by atoms with E-state index in [2.05, 4.69) is 5.10 Å². The Morgan fingerprint density at radius 3 is 2.42 bits per heavy atom. The Kier molecular flexibility index (Phi) is 5.08. The van der Waals surface area contributed by atoms with Gasteiger partial charge < -0.3 is 12.9 Å². The molecule has 0 fully saturated rings. The SMILES string of the molecule is CCn1nccc1[B-](F)(F)F.[K+]. The van der Waals surface area contributed by atoms with Crippen molar-refractivity contribution in [1.82, 2.24) is 9.78 Å². The predicted octanol–water partition coefficient (Wildman–Crippen LogP) is -2.04. The van der Waals surface area contributed by atoms with Gasteiger partial charge in [-0.3, -0.25) is 4.68 Å². The summed E-state index contributed by atoms with van der Waals surface area (Å²) >= 11 is 0. The second kappa shape index (κ2) is 4.80. The summed E-state index contributed by atoms with van der Waals surface area (Å²) in [5, 5.41) is 3.51. The van der Waals surface area contributed by atoms with Crippen LogP contribution in [0.1, 0.15) is 6.92 Å². The first-order valence-electron chi connectivity index (χ1n) is 3.27. The van der Waals surface area contributed by atoms with E-state index in [0.29, 0.717) is 0 Å². The van der Waals surface area contributed by atoms with Gasteiger partial charge in [-0.1, -0.05) is 6.07 Å². The molecule has 1 aromatic heterocycles. The van der Waals surface area contributed by atoms with Crippen molar-refractivity contribution in [1.29, 1.82) is 0 Å². The number of hydrogen-bond acceptors (Lipinski definition) is 1. The van der Waals surface area contributed by atoms with Gasteiger partial charge in [0.2, 0.25) is 0 Å². The average molecular weight is 202 g/mol. The van der Waals surface area contributed by atoms with E-state index in [1.54, 1.807) is 6.92 Å². The van der Waals surface area contributed by atoms with Gasteiger partial charge in [-0.05, 0) is 12.5 Å². The third-order valence-corrected chi connectivity index (χ3v) is 1.38. The van der Waals surface area contributed by atoms with Crippen LogP contribution in [-0.2, 0) is 6.54 Å². The van der Waals surface area contributed by atoms with Crippen molar-refractivity contribution in [2.75, 3.05) is 0 Å². The van der Waals surface area contributed by atoms with Crippen molar-refractivity contribution >= 4 is 12.6 Å². The fourth-order valence-electron chi connectivity index (χ4n) is 0.885. The minimum atomic E-state index is -4.90. The monoisotopic (exact) mass is 202 g/mol. The number of halogens is 3. The number of hydrogen-bond donors (Lipinski definition) is 0. The molecule has 0 saturated carbocycles. The summed E-state index contributed by atoms with van der Waals surface area (Å²) < 4.78 is 37.2. The molecule has 1 aromatic rings. The van der Waals surface area contributed by atoms with Gasteiger partial charge in [0.25, 0.3) is 0 Å². The van der Waals surface area contributed by atoms with Crippen LogP contribution in [-0.4, -0.2) is 16.8 Å². The molecule has 0 aliphatic heterocycles. The number of aryl methyl sites for hydroxylation is 1. The van der Waals surface area contributed by atoms with Gasteiger partial charge in [-0.25, -0.2) is 0 Å². The number of aromatic nitrogens is 2. The quantitative estimate of drug-likeness (QED) is 0.505. The third kappa shape index (κ3) is 2.88. The maximum absolute atomic E-state index is 12.1. The molecule has 12 heavy (non-hydrogen) atoms. The van der Waals surface area contributed by atoms with E-state index in [-0.39, 0.29) is 57.9 Å². The van der Waals surface area contributed by atoms with Crippen LogP contribution in [0.25, 0.3) is 0 Å². The van der Waals surface area contributed by atoms with Crippen molar-refractivity contribution in [3.05, 3.63) is 12.3 Å². The van der Waals surface area contributed by atoms with Gasteiger partial charge >= 0.3 is 58.4 Å². The Bertz CT molecular complexity index is 247. The standard InChI is InChI=1S/C5H7BF3N2.K/c1-2-11-5(3-4-10-11)6(7,8)9;/h3-4H,2H2,1H3;/q-1;+1. The van der Waals surface area contributed by atoms with Crippen LogP contribution >= 0.6 is 0 Å². The normalized spacial score (nSPS) is 11.0. The topological polar surface area (TPSA) is 17.8 Å². The third-order valence-electron chi connectivity index (χ3n) is 1.38. The molecule has 0 radical (unpaired) electrons. The molecule has 0 spiro atoms. The zero-order valence-corrected chi connectivity index (χ0v) is 10.1. The van der Waals surface area contributed by atoms with Gasteiger partial charge in [0.1, 0.15) is 0 Å². The van der Waals surface area contributed by atoms with E-state index in [4.69, 9.17) is 0 Å². The van der Waals surface area contributed by atoms with Crippen LogP contribution in [0.2, 0.25) is 0 Å². The molecule has 0 bridgehead atoms. The van der Waals surface area contributed by atoms with Crippen LogP contribution in [0.4, 0.5) is 12.9 Å². The molecule has 0 atom stereocenters. The molecule has 1 heterocycles. The summed E-state index contributed by atoms with van der Waals surface area (Å²) in [5.74, 6) is 0. The largest absolute Gasteiger partial charge is 1.00 e. The van der Waals surface area contributed by atoms with Crippen LogP contribution in [0.3, 0.4) is 0 Å². The Hall–Kier alpha value is 0.701. The summed E-state index contributed by atoms with van der Waals surface area (Å²) in [6.45, 7) is -3.02. The van der Waals surface area contributed by atoms with Gasteiger partial charge in [-0.15, -0.1) is 0 Å². The van der Waals surface area contributed by atoms with E-state index in [1.165, 1.54) is 0 Å². The van der Waals surface area contributed by atoms with Crippen molar-refractivity contribution in [3.8, 4) is 0 Å². The zero-order valence-electron chi connectivity index (χ0n) is 6.97. The fourth-order valence-corrected chi connectivity index (χ4v) is 0.885. The summed E-state index contributed by atoms with van der Waals surface area (Å²) in [4.78, 5) is 0. The minimum Gasteiger partial charge on any atom is -0.444 e. The Labute approximate surface area is 111 Å². The molecule has 0 N–H and O–H groups in total. The van der Waals surface area contributed by atoms with E-state index < -0.39 is 12.6 Å². The van der Waals surface area contributed by atoms with Crippen LogP contribution in [0.5, 0.6) is 0 Å². The van der Waals surface area contributed by atoms with Gasteiger partial charge in [0, 0.05) is 12.7 Å². The summed E-state index contributed by atoms with van der Waals surface area (Å²) in [5.41, 5.74) is -0.632. The van der Waals surface area contributed by atoms with Crippen molar-refractivity contribution in [3.63, 3.8) is 0 Å². The maximum atomic E-state index is 12.1. The van der Waals surface area contributed by atoms with Gasteiger partial charge in [0.05, 0.1) is 0 Å². The predicted molar refractivity (Wildman–Crippen MR) is 36.6 cm³/mol. The van der Waals surface area contributed by atoms with Crippen LogP contribution in [0.15, 0.2) is 12.3 Å². The van der Waals surface area contributed by atoms with E-state index in [1.807, 2.05) is 0 Å². The van der Waals surface area contributed by atoms with E-state index in [0.717, 1.165) is 16.9 Å². The van der Waals surface area contributed by atoms with Crippen molar-refractivity contribution in [2.24, 2.45) is 0 Å². The molecule has 0 aromatic carbocycles. The van der Waals surface area contributed by atoms with E-state index in [9.17, 15) is 12.9 Å². The molecule has 0 aliphatic carbocycles. The molecule has 0 unspecified atom stereocenters. The van der Waals surface area contributed by atoms with Crippen molar-refractivity contribution in [2.45, 2.75) is 13.5 Å². The maximum Gasteiger partial charge on any atom is 1.00 e. The molecule has 2 nitrogen and oxygen atoms in total. The second-order valence-corrected chi connectivity index (χ2v) is 2.15. The minimum absolute atomic E-state index is 0. The first-order chi connectivity index (χ1) is 5.05. The average Bonchev–Trinajstić information content (AvgIpc) is 2.31. The molecule has 0 aliphatic rings. The smallest absolute Gasteiger partial charge is 0.444 e. The Morgan fingerprint density at radius 1 is 1.50 bits per heavy atom. The first-order valence-corrected chi connectivity index (χ1v) is 3.27. The second-order valence-electron chi connectivity index (χ2n) is 2.15. The Morgan fingerprint density at radius 2 is 2.08 bits per heavy atom. The Balaban J connectivity index is 0.00000121. The molecular formula is C5H7BF3KN2. The molecule has 0 saturated heterocycles. The van der Waals surface area contributed by atoms with Gasteiger partial charge in [0.15, 0.2) is 0 Å². The summed E-state index contributed by atoms with van der Waals surface area (Å²) in [6, 6.07) is 0.990. The summed E-state index contributed by atoms with van der Waals surface area (Å²) in [7, 11) is 0. The first kappa shape index (κ1) is 12.7. The number of nitrogens with zero attached hydrogens (tertiary/aromatic N) is 2.